The molecule has 1 fully saturated rings. The van der Waals surface area contributed by atoms with E-state index in [1.165, 1.54) is 38.5 Å². The van der Waals surface area contributed by atoms with E-state index in [-0.39, 0.29) is 6.04 Å². The summed E-state index contributed by atoms with van der Waals surface area (Å²) in [6, 6.07) is 10.8. The Morgan fingerprint density at radius 3 is 2.32 bits per heavy atom. The lowest BCUT2D eigenvalue weighted by atomic mass is 9.98. The minimum atomic E-state index is -0.394. The van der Waals surface area contributed by atoms with Gasteiger partial charge in [-0.3, -0.25) is 0 Å². The Kier molecular flexibility index (Phi) is 5.87. The van der Waals surface area contributed by atoms with E-state index in [0.717, 1.165) is 12.0 Å². The molecule has 1 aliphatic carbocycles. The molecule has 0 aromatic heterocycles. The van der Waals surface area contributed by atoms with Gasteiger partial charge in [-0.15, -0.1) is 0 Å². The van der Waals surface area contributed by atoms with Gasteiger partial charge >= 0.3 is 0 Å². The summed E-state index contributed by atoms with van der Waals surface area (Å²) >= 11 is 0. The average molecular weight is 261 g/mol. The van der Waals surface area contributed by atoms with Crippen molar-refractivity contribution in [2.45, 2.75) is 70.1 Å². The maximum atomic E-state index is 10.5. The molecule has 0 amide bonds. The van der Waals surface area contributed by atoms with E-state index in [9.17, 15) is 5.11 Å². The second-order valence-electron chi connectivity index (χ2n) is 5.73. The first-order chi connectivity index (χ1) is 9.31. The van der Waals surface area contributed by atoms with Crippen LogP contribution in [-0.2, 0) is 0 Å². The van der Waals surface area contributed by atoms with E-state index < -0.39 is 6.10 Å². The lowest BCUT2D eigenvalue weighted by molar-refractivity contribution is 0.117. The smallest absolute Gasteiger partial charge is 0.0942 e. The minimum Gasteiger partial charge on any atom is -0.387 e. The number of hydrogen-bond donors (Lipinski definition) is 2. The van der Waals surface area contributed by atoms with Crippen LogP contribution < -0.4 is 5.32 Å². The summed E-state index contributed by atoms with van der Waals surface area (Å²) in [7, 11) is 0. The number of nitrogens with one attached hydrogen (secondary N) is 1. The molecule has 0 saturated heterocycles. The van der Waals surface area contributed by atoms with E-state index >= 15 is 0 Å². The maximum Gasteiger partial charge on any atom is 0.0942 e. The van der Waals surface area contributed by atoms with Gasteiger partial charge in [0.05, 0.1) is 6.10 Å². The van der Waals surface area contributed by atoms with Crippen LogP contribution in [0.2, 0.25) is 0 Å². The second kappa shape index (κ2) is 7.66. The molecule has 2 nitrogen and oxygen atoms in total. The molecule has 2 N–H and O–H groups in total. The van der Waals surface area contributed by atoms with Gasteiger partial charge < -0.3 is 10.4 Å². The van der Waals surface area contributed by atoms with Gasteiger partial charge in [0.25, 0.3) is 0 Å². The zero-order valence-corrected chi connectivity index (χ0v) is 12.0. The molecule has 0 aliphatic heterocycles. The van der Waals surface area contributed by atoms with Crippen molar-refractivity contribution in [2.75, 3.05) is 0 Å². The molecule has 0 spiro atoms. The van der Waals surface area contributed by atoms with E-state index in [0.29, 0.717) is 6.04 Å². The van der Waals surface area contributed by atoms with Crippen LogP contribution in [0.5, 0.6) is 0 Å². The van der Waals surface area contributed by atoms with Gasteiger partial charge in [0.2, 0.25) is 0 Å². The third-order valence-corrected chi connectivity index (χ3v) is 4.27. The summed E-state index contributed by atoms with van der Waals surface area (Å²) in [6.07, 6.45) is 8.49. The van der Waals surface area contributed by atoms with Crippen molar-refractivity contribution in [1.29, 1.82) is 0 Å². The Morgan fingerprint density at radius 2 is 1.74 bits per heavy atom. The highest BCUT2D eigenvalue weighted by Crippen LogP contribution is 2.22. The Labute approximate surface area is 117 Å². The lowest BCUT2D eigenvalue weighted by Gasteiger charge is -2.28. The van der Waals surface area contributed by atoms with E-state index in [1.807, 2.05) is 30.3 Å². The molecule has 1 aromatic carbocycles. The largest absolute Gasteiger partial charge is 0.387 e. The molecule has 19 heavy (non-hydrogen) atoms. The molecule has 0 bridgehead atoms. The number of aliphatic hydroxyl groups excluding tert-OH is 1. The Bertz CT molecular complexity index is 344. The van der Waals surface area contributed by atoms with Crippen LogP contribution in [0.25, 0.3) is 0 Å². The van der Waals surface area contributed by atoms with Crippen molar-refractivity contribution in [3.8, 4) is 0 Å². The van der Waals surface area contributed by atoms with Crippen LogP contribution in [0.1, 0.15) is 63.5 Å². The Morgan fingerprint density at radius 1 is 1.11 bits per heavy atom. The van der Waals surface area contributed by atoms with Gasteiger partial charge in [-0.05, 0) is 24.8 Å². The van der Waals surface area contributed by atoms with Gasteiger partial charge in [-0.2, -0.15) is 0 Å². The van der Waals surface area contributed by atoms with Gasteiger partial charge in [0, 0.05) is 12.1 Å². The molecule has 2 unspecified atom stereocenters. The highest BCUT2D eigenvalue weighted by atomic mass is 16.3. The summed E-state index contributed by atoms with van der Waals surface area (Å²) < 4.78 is 0. The van der Waals surface area contributed by atoms with Crippen molar-refractivity contribution in [1.82, 2.24) is 5.32 Å². The fourth-order valence-electron chi connectivity index (χ4n) is 3.06. The van der Waals surface area contributed by atoms with Gasteiger partial charge in [-0.25, -0.2) is 0 Å². The van der Waals surface area contributed by atoms with Crippen molar-refractivity contribution in [3.63, 3.8) is 0 Å². The van der Waals surface area contributed by atoms with E-state index in [4.69, 9.17) is 0 Å². The van der Waals surface area contributed by atoms with Crippen LogP contribution in [0.3, 0.4) is 0 Å². The highest BCUT2D eigenvalue weighted by Gasteiger charge is 2.22. The minimum absolute atomic E-state index is 0.172. The summed E-state index contributed by atoms with van der Waals surface area (Å²) in [5, 5.41) is 14.2. The zero-order valence-electron chi connectivity index (χ0n) is 12.0. The standard InChI is InChI=1S/C17H27NO/c1-2-16(17(19)14-10-6-5-7-11-14)18-15-12-8-3-4-9-13-15/h5-7,10-11,15-19H,2-4,8-9,12-13H2,1H3. The molecule has 2 heteroatoms. The summed E-state index contributed by atoms with van der Waals surface area (Å²) in [5.41, 5.74) is 1.02. The number of aliphatic hydroxyl groups is 1. The lowest BCUT2D eigenvalue weighted by Crippen LogP contribution is -2.41. The van der Waals surface area contributed by atoms with E-state index in [1.54, 1.807) is 0 Å². The summed E-state index contributed by atoms with van der Waals surface area (Å²) in [6.45, 7) is 2.15. The predicted molar refractivity (Wildman–Crippen MR) is 80.1 cm³/mol. The van der Waals surface area contributed by atoms with Crippen LogP contribution in [0.15, 0.2) is 30.3 Å². The molecule has 1 aliphatic rings. The monoisotopic (exact) mass is 261 g/mol. The molecular weight excluding hydrogens is 234 g/mol. The third kappa shape index (κ3) is 4.32. The van der Waals surface area contributed by atoms with Crippen LogP contribution in [-0.4, -0.2) is 17.2 Å². The topological polar surface area (TPSA) is 32.3 Å². The fraction of sp³-hybridized carbons (Fsp3) is 0.647. The normalized spacial score (nSPS) is 20.7. The Balaban J connectivity index is 1.95. The van der Waals surface area contributed by atoms with Gasteiger partial charge in [-0.1, -0.05) is 62.9 Å². The molecular formula is C17H27NO. The molecule has 1 aromatic rings. The fourth-order valence-corrected chi connectivity index (χ4v) is 3.06. The van der Waals surface area contributed by atoms with Crippen molar-refractivity contribution in [3.05, 3.63) is 35.9 Å². The molecule has 2 atom stereocenters. The summed E-state index contributed by atoms with van der Waals surface area (Å²) in [4.78, 5) is 0. The number of rotatable bonds is 5. The second-order valence-corrected chi connectivity index (χ2v) is 5.73. The van der Waals surface area contributed by atoms with Crippen molar-refractivity contribution >= 4 is 0 Å². The maximum absolute atomic E-state index is 10.5. The molecule has 0 heterocycles. The van der Waals surface area contributed by atoms with Crippen molar-refractivity contribution in [2.24, 2.45) is 0 Å². The van der Waals surface area contributed by atoms with Gasteiger partial charge in [0.15, 0.2) is 0 Å². The van der Waals surface area contributed by atoms with E-state index in [2.05, 4.69) is 12.2 Å². The number of hydrogen-bond acceptors (Lipinski definition) is 2. The number of benzene rings is 1. The summed E-state index contributed by atoms with van der Waals surface area (Å²) in [5.74, 6) is 0. The first kappa shape index (κ1) is 14.5. The SMILES string of the molecule is CCC(NC1CCCCCC1)C(O)c1ccccc1. The molecule has 0 radical (unpaired) electrons. The Hall–Kier alpha value is -0.860. The quantitative estimate of drug-likeness (QED) is 0.790. The highest BCUT2D eigenvalue weighted by molar-refractivity contribution is 5.18. The molecule has 106 valence electrons. The predicted octanol–water partition coefficient (Wildman–Crippen LogP) is 3.81. The average Bonchev–Trinajstić information content (AvgIpc) is 2.73. The van der Waals surface area contributed by atoms with Crippen LogP contribution >= 0.6 is 0 Å². The van der Waals surface area contributed by atoms with Crippen LogP contribution in [0.4, 0.5) is 0 Å². The molecule has 2 rings (SSSR count). The van der Waals surface area contributed by atoms with Crippen molar-refractivity contribution < 1.29 is 5.11 Å². The third-order valence-electron chi connectivity index (χ3n) is 4.27. The zero-order chi connectivity index (χ0) is 13.5. The molecule has 1 saturated carbocycles. The first-order valence-corrected chi connectivity index (χ1v) is 7.80. The first-order valence-electron chi connectivity index (χ1n) is 7.80. The van der Waals surface area contributed by atoms with Gasteiger partial charge in [0.1, 0.15) is 0 Å². The van der Waals surface area contributed by atoms with Crippen LogP contribution in [0, 0.1) is 0 Å².